The smallest absolute Gasteiger partial charge is 0.310 e. The van der Waals surface area contributed by atoms with E-state index in [9.17, 15) is 13.9 Å². The summed E-state index contributed by atoms with van der Waals surface area (Å²) in [7, 11) is 0. The maximum Gasteiger partial charge on any atom is 0.310 e. The highest BCUT2D eigenvalue weighted by atomic mass is 19.3. The molecule has 1 aliphatic carbocycles. The Morgan fingerprint density at radius 3 is 2.33 bits per heavy atom. The van der Waals surface area contributed by atoms with E-state index in [1.54, 1.807) is 0 Å². The van der Waals surface area contributed by atoms with Crippen LogP contribution < -0.4 is 0 Å². The van der Waals surface area contributed by atoms with E-state index in [2.05, 4.69) is 4.99 Å². The molecule has 2 nitrogen and oxygen atoms in total. The van der Waals surface area contributed by atoms with E-state index in [4.69, 9.17) is 0 Å². The Bertz CT molecular complexity index is 221. The van der Waals surface area contributed by atoms with Crippen molar-refractivity contribution in [3.63, 3.8) is 0 Å². The number of halogens is 2. The molecule has 0 radical (unpaired) electrons. The standard InChI is InChI=1S/C8H11F2NO/c9-8(10)5-11-7(6(8)12)3-1-2-4-7/h5-6,12H,1-4H2. The zero-order valence-corrected chi connectivity index (χ0v) is 6.63. The molecule has 1 unspecified atom stereocenters. The second kappa shape index (κ2) is 2.25. The fourth-order valence-corrected chi connectivity index (χ4v) is 2.10. The van der Waals surface area contributed by atoms with Gasteiger partial charge in [-0.3, -0.25) is 4.99 Å². The zero-order chi connectivity index (χ0) is 8.82. The molecule has 1 saturated carbocycles. The molecule has 0 aromatic carbocycles. The maximum absolute atomic E-state index is 12.8. The first kappa shape index (κ1) is 8.10. The van der Waals surface area contributed by atoms with Crippen LogP contribution in [-0.2, 0) is 0 Å². The van der Waals surface area contributed by atoms with Crippen LogP contribution >= 0.6 is 0 Å². The molecule has 0 aromatic heterocycles. The van der Waals surface area contributed by atoms with Gasteiger partial charge < -0.3 is 5.11 Å². The SMILES string of the molecule is OC1C(F)(F)C=NC12CCCC2. The van der Waals surface area contributed by atoms with E-state index in [0.29, 0.717) is 19.1 Å². The van der Waals surface area contributed by atoms with Gasteiger partial charge in [0.2, 0.25) is 0 Å². The lowest BCUT2D eigenvalue weighted by atomic mass is 9.91. The van der Waals surface area contributed by atoms with E-state index >= 15 is 0 Å². The molecule has 1 aliphatic heterocycles. The molecule has 0 bridgehead atoms. The fraction of sp³-hybridized carbons (Fsp3) is 0.875. The van der Waals surface area contributed by atoms with Crippen LogP contribution in [0.4, 0.5) is 8.78 Å². The van der Waals surface area contributed by atoms with Crippen LogP contribution in [0.15, 0.2) is 4.99 Å². The minimum absolute atomic E-state index is 0.597. The quantitative estimate of drug-likeness (QED) is 0.592. The zero-order valence-electron chi connectivity index (χ0n) is 6.63. The van der Waals surface area contributed by atoms with Gasteiger partial charge in [-0.15, -0.1) is 0 Å². The highest BCUT2D eigenvalue weighted by Crippen LogP contribution is 2.44. The Kier molecular flexibility index (Phi) is 1.52. The summed E-state index contributed by atoms with van der Waals surface area (Å²) in [6.45, 7) is 0. The van der Waals surface area contributed by atoms with Crippen LogP contribution in [0, 0.1) is 0 Å². The summed E-state index contributed by atoms with van der Waals surface area (Å²) < 4.78 is 25.7. The van der Waals surface area contributed by atoms with Crippen LogP contribution in [0.1, 0.15) is 25.7 Å². The van der Waals surface area contributed by atoms with Crippen molar-refractivity contribution in [2.24, 2.45) is 4.99 Å². The van der Waals surface area contributed by atoms with Gasteiger partial charge in [0.1, 0.15) is 6.10 Å². The minimum atomic E-state index is -3.11. The van der Waals surface area contributed by atoms with Crippen molar-refractivity contribution < 1.29 is 13.9 Å². The molecule has 2 aliphatic rings. The average Bonchev–Trinajstić information content (AvgIpc) is 2.55. The molecular formula is C8H11F2NO. The molecule has 1 N–H and O–H groups in total. The molecule has 1 spiro atoms. The molecule has 2 rings (SSSR count). The highest BCUT2D eigenvalue weighted by molar-refractivity contribution is 5.71. The molecule has 4 heteroatoms. The average molecular weight is 175 g/mol. The van der Waals surface area contributed by atoms with Gasteiger partial charge in [0.25, 0.3) is 0 Å². The summed E-state index contributed by atoms with van der Waals surface area (Å²) >= 11 is 0. The van der Waals surface area contributed by atoms with Gasteiger partial charge in [0.05, 0.1) is 11.8 Å². The van der Waals surface area contributed by atoms with E-state index in [-0.39, 0.29) is 0 Å². The van der Waals surface area contributed by atoms with Gasteiger partial charge in [-0.05, 0) is 12.8 Å². The minimum Gasteiger partial charge on any atom is -0.384 e. The Labute approximate surface area is 69.3 Å². The first-order chi connectivity index (χ1) is 5.57. The Balaban J connectivity index is 2.26. The maximum atomic E-state index is 12.8. The number of nitrogens with zero attached hydrogens (tertiary/aromatic N) is 1. The highest BCUT2D eigenvalue weighted by Gasteiger charge is 2.56. The van der Waals surface area contributed by atoms with E-state index < -0.39 is 17.6 Å². The van der Waals surface area contributed by atoms with Crippen molar-refractivity contribution in [2.45, 2.75) is 43.2 Å². The summed E-state index contributed by atoms with van der Waals surface area (Å²) in [5, 5.41) is 9.33. The Morgan fingerprint density at radius 1 is 1.33 bits per heavy atom. The van der Waals surface area contributed by atoms with Crippen molar-refractivity contribution in [1.29, 1.82) is 0 Å². The summed E-state index contributed by atoms with van der Waals surface area (Å²) in [5.74, 6) is -3.11. The first-order valence-corrected chi connectivity index (χ1v) is 4.19. The van der Waals surface area contributed by atoms with Gasteiger partial charge in [0, 0.05) is 0 Å². The lowest BCUT2D eigenvalue weighted by molar-refractivity contribution is -0.0710. The Hall–Kier alpha value is -0.510. The molecule has 0 aromatic rings. The largest absolute Gasteiger partial charge is 0.384 e. The lowest BCUT2D eigenvalue weighted by Gasteiger charge is -2.26. The van der Waals surface area contributed by atoms with E-state index in [1.165, 1.54) is 0 Å². The van der Waals surface area contributed by atoms with Crippen LogP contribution in [0.25, 0.3) is 0 Å². The van der Waals surface area contributed by atoms with Crippen molar-refractivity contribution in [3.05, 3.63) is 0 Å². The van der Waals surface area contributed by atoms with Crippen molar-refractivity contribution in [2.75, 3.05) is 0 Å². The molecule has 1 fully saturated rings. The van der Waals surface area contributed by atoms with Crippen molar-refractivity contribution in [1.82, 2.24) is 0 Å². The molecule has 1 atom stereocenters. The molecule has 1 heterocycles. The lowest BCUT2D eigenvalue weighted by Crippen LogP contribution is -2.44. The predicted molar refractivity (Wildman–Crippen MR) is 40.6 cm³/mol. The molecule has 0 saturated heterocycles. The first-order valence-electron chi connectivity index (χ1n) is 4.19. The molecule has 12 heavy (non-hydrogen) atoms. The van der Waals surface area contributed by atoms with Gasteiger partial charge in [0.15, 0.2) is 0 Å². The normalized spacial score (nSPS) is 36.4. The van der Waals surface area contributed by atoms with Crippen molar-refractivity contribution in [3.8, 4) is 0 Å². The Morgan fingerprint density at radius 2 is 1.92 bits per heavy atom. The van der Waals surface area contributed by atoms with E-state index in [0.717, 1.165) is 12.8 Å². The molecular weight excluding hydrogens is 164 g/mol. The van der Waals surface area contributed by atoms with Gasteiger partial charge >= 0.3 is 5.92 Å². The number of aliphatic imine (C=N–C) groups is 1. The van der Waals surface area contributed by atoms with Gasteiger partial charge in [-0.25, -0.2) is 0 Å². The second-order valence-electron chi connectivity index (χ2n) is 3.65. The number of aliphatic hydroxyl groups excluding tert-OH is 1. The van der Waals surface area contributed by atoms with Crippen LogP contribution in [0.5, 0.6) is 0 Å². The monoisotopic (exact) mass is 175 g/mol. The summed E-state index contributed by atoms with van der Waals surface area (Å²) in [5.41, 5.74) is -0.844. The number of hydrogen-bond donors (Lipinski definition) is 1. The fourth-order valence-electron chi connectivity index (χ4n) is 2.10. The van der Waals surface area contributed by atoms with Crippen LogP contribution in [0.3, 0.4) is 0 Å². The number of aliphatic hydroxyl groups is 1. The topological polar surface area (TPSA) is 32.6 Å². The third kappa shape index (κ3) is 0.905. The van der Waals surface area contributed by atoms with E-state index in [1.807, 2.05) is 0 Å². The third-order valence-corrected chi connectivity index (χ3v) is 2.84. The third-order valence-electron chi connectivity index (χ3n) is 2.84. The number of alkyl halides is 2. The summed E-state index contributed by atoms with van der Waals surface area (Å²) in [6.07, 6.45) is 2.01. The van der Waals surface area contributed by atoms with Gasteiger partial charge in [-0.1, -0.05) is 12.8 Å². The van der Waals surface area contributed by atoms with Crippen molar-refractivity contribution >= 4 is 6.21 Å². The van der Waals surface area contributed by atoms with Crippen LogP contribution in [-0.4, -0.2) is 28.9 Å². The van der Waals surface area contributed by atoms with Crippen LogP contribution in [0.2, 0.25) is 0 Å². The predicted octanol–water partition coefficient (Wildman–Crippen LogP) is 1.38. The summed E-state index contributed by atoms with van der Waals surface area (Å²) in [4.78, 5) is 3.78. The number of hydrogen-bond acceptors (Lipinski definition) is 2. The summed E-state index contributed by atoms with van der Waals surface area (Å²) in [6, 6.07) is 0. The second-order valence-corrected chi connectivity index (χ2v) is 3.65. The molecule has 0 amide bonds. The number of rotatable bonds is 0. The molecule has 68 valence electrons. The van der Waals surface area contributed by atoms with Gasteiger partial charge in [-0.2, -0.15) is 8.78 Å².